The lowest BCUT2D eigenvalue weighted by molar-refractivity contribution is 0.112. The summed E-state index contributed by atoms with van der Waals surface area (Å²) < 4.78 is 12.8. The summed E-state index contributed by atoms with van der Waals surface area (Å²) >= 11 is 1.47. The molecule has 2 bridgehead atoms. The van der Waals surface area contributed by atoms with E-state index in [2.05, 4.69) is 26.3 Å². The van der Waals surface area contributed by atoms with E-state index in [0.717, 1.165) is 47.9 Å². The van der Waals surface area contributed by atoms with Crippen molar-refractivity contribution in [2.24, 2.45) is 5.73 Å². The van der Waals surface area contributed by atoms with Crippen molar-refractivity contribution in [3.63, 3.8) is 0 Å². The number of nitrogens with two attached hydrogens (primary N) is 1. The van der Waals surface area contributed by atoms with Crippen molar-refractivity contribution in [1.29, 1.82) is 0 Å². The third kappa shape index (κ3) is 3.57. The molecule has 4 aromatic rings. The van der Waals surface area contributed by atoms with Crippen LogP contribution in [-0.4, -0.2) is 39.0 Å². The molecule has 0 aliphatic carbocycles. The van der Waals surface area contributed by atoms with Crippen molar-refractivity contribution in [1.82, 2.24) is 20.2 Å². The van der Waals surface area contributed by atoms with Crippen molar-refractivity contribution >= 4 is 38.7 Å². The van der Waals surface area contributed by atoms with Crippen LogP contribution in [0.3, 0.4) is 0 Å². The second kappa shape index (κ2) is 7.75. The molecule has 2 fully saturated rings. The molecule has 2 aliphatic heterocycles. The lowest BCUT2D eigenvalue weighted by Crippen LogP contribution is -2.51. The predicted octanol–water partition coefficient (Wildman–Crippen LogP) is 4.39. The van der Waals surface area contributed by atoms with Crippen LogP contribution in [0.2, 0.25) is 0 Å². The zero-order valence-corrected chi connectivity index (χ0v) is 18.2. The van der Waals surface area contributed by atoms with Gasteiger partial charge in [-0.15, -0.1) is 0 Å². The summed E-state index contributed by atoms with van der Waals surface area (Å²) in [7, 11) is 0. The van der Waals surface area contributed by atoms with Gasteiger partial charge in [0.05, 0.1) is 11.0 Å². The Morgan fingerprint density at radius 1 is 1.28 bits per heavy atom. The standard InChI is InChI=1S/C23H23N5O3S/c24-22(29)26-14-8-15-3-4-16(9-14)28(15)11-13-12-30-19-10-17(5-6-18(13)19)31-23-27-21-20(32-23)2-1-7-25-21/h1-2,5-7,10,12,14-16H,3-4,8-9,11H2,(H3,24,26,29)/t14-,15-,16+. The quantitative estimate of drug-likeness (QED) is 0.468. The van der Waals surface area contributed by atoms with Crippen molar-refractivity contribution in [2.45, 2.75) is 50.4 Å². The van der Waals surface area contributed by atoms with Crippen molar-refractivity contribution < 1.29 is 13.9 Å². The van der Waals surface area contributed by atoms with Gasteiger partial charge in [0.25, 0.3) is 5.19 Å². The van der Waals surface area contributed by atoms with E-state index in [1.54, 1.807) is 6.20 Å². The molecule has 2 amide bonds. The molecule has 0 radical (unpaired) electrons. The summed E-state index contributed by atoms with van der Waals surface area (Å²) in [6.45, 7) is 0.843. The highest BCUT2D eigenvalue weighted by atomic mass is 32.1. The lowest BCUT2D eigenvalue weighted by Gasteiger charge is -2.38. The number of benzene rings is 1. The Hall–Kier alpha value is -3.17. The number of amides is 2. The van der Waals surface area contributed by atoms with Gasteiger partial charge in [-0.05, 0) is 49.9 Å². The Morgan fingerprint density at radius 2 is 2.12 bits per heavy atom. The Bertz CT molecular complexity index is 1250. The van der Waals surface area contributed by atoms with Gasteiger partial charge in [0, 0.05) is 47.9 Å². The first kappa shape index (κ1) is 19.5. The van der Waals surface area contributed by atoms with E-state index in [1.807, 2.05) is 30.5 Å². The number of thiazole rings is 1. The number of carbonyl (C=O) groups excluding carboxylic acids is 1. The van der Waals surface area contributed by atoms with Gasteiger partial charge in [-0.1, -0.05) is 11.3 Å². The maximum atomic E-state index is 11.2. The number of primary amides is 1. The van der Waals surface area contributed by atoms with Crippen LogP contribution in [0.5, 0.6) is 10.9 Å². The van der Waals surface area contributed by atoms with E-state index >= 15 is 0 Å². The molecule has 9 heteroatoms. The zero-order chi connectivity index (χ0) is 21.7. The van der Waals surface area contributed by atoms with Gasteiger partial charge in [-0.3, -0.25) is 4.90 Å². The molecular formula is C23H23N5O3S. The second-order valence-corrected chi connectivity index (χ2v) is 9.55. The highest BCUT2D eigenvalue weighted by Gasteiger charge is 2.41. The van der Waals surface area contributed by atoms with Crippen LogP contribution in [0.1, 0.15) is 31.2 Å². The summed E-state index contributed by atoms with van der Waals surface area (Å²) in [5.74, 6) is 0.691. The molecule has 0 saturated carbocycles. The smallest absolute Gasteiger partial charge is 0.312 e. The first-order valence-corrected chi connectivity index (χ1v) is 11.7. The van der Waals surface area contributed by atoms with Crippen LogP contribution in [0, 0.1) is 0 Å². The Morgan fingerprint density at radius 3 is 2.91 bits per heavy atom. The number of carbonyl (C=O) groups is 1. The fourth-order valence-corrected chi connectivity index (χ4v) is 5.99. The number of ether oxygens (including phenoxy) is 1. The Kier molecular flexibility index (Phi) is 4.73. The van der Waals surface area contributed by atoms with Crippen LogP contribution in [0.4, 0.5) is 4.79 Å². The third-order valence-electron chi connectivity index (χ3n) is 6.56. The number of fused-ring (bicyclic) bond motifs is 4. The monoisotopic (exact) mass is 449 g/mol. The normalized spacial score (nSPS) is 23.1. The number of rotatable bonds is 5. The molecule has 3 aromatic heterocycles. The van der Waals surface area contributed by atoms with Crippen LogP contribution < -0.4 is 15.8 Å². The minimum Gasteiger partial charge on any atom is -0.464 e. The van der Waals surface area contributed by atoms with Crippen LogP contribution in [-0.2, 0) is 6.54 Å². The molecule has 3 atom stereocenters. The van der Waals surface area contributed by atoms with Gasteiger partial charge < -0.3 is 20.2 Å². The van der Waals surface area contributed by atoms with Crippen molar-refractivity contribution in [3.05, 3.63) is 48.4 Å². The van der Waals surface area contributed by atoms with Crippen molar-refractivity contribution in [3.8, 4) is 10.9 Å². The van der Waals surface area contributed by atoms with Crippen LogP contribution in [0.25, 0.3) is 21.3 Å². The molecule has 6 rings (SSSR count). The number of aromatic nitrogens is 2. The summed E-state index contributed by atoms with van der Waals surface area (Å²) in [6, 6.07) is 10.5. The summed E-state index contributed by atoms with van der Waals surface area (Å²) in [4.78, 5) is 22.5. The number of furan rings is 1. The number of piperidine rings is 1. The maximum Gasteiger partial charge on any atom is 0.312 e. The van der Waals surface area contributed by atoms with Gasteiger partial charge in [-0.2, -0.15) is 4.98 Å². The molecule has 2 aliphatic rings. The first-order valence-electron chi connectivity index (χ1n) is 10.8. The van der Waals surface area contributed by atoms with Gasteiger partial charge in [0.2, 0.25) is 0 Å². The SMILES string of the molecule is NC(=O)N[C@@H]1C[C@H]2CC[C@@H](C1)N2Cc1coc2cc(Oc3nc4ncccc4s3)ccc12. The number of nitrogens with zero attached hydrogens (tertiary/aromatic N) is 3. The maximum absolute atomic E-state index is 11.2. The second-order valence-electron chi connectivity index (χ2n) is 8.56. The van der Waals surface area contributed by atoms with E-state index < -0.39 is 6.03 Å². The molecule has 32 heavy (non-hydrogen) atoms. The molecule has 1 aromatic carbocycles. The number of pyridine rings is 1. The molecule has 5 heterocycles. The topological polar surface area (TPSA) is 107 Å². The Labute approximate surface area is 188 Å². The molecule has 3 N–H and O–H groups in total. The zero-order valence-electron chi connectivity index (χ0n) is 17.4. The van der Waals surface area contributed by atoms with E-state index in [4.69, 9.17) is 14.9 Å². The van der Waals surface area contributed by atoms with E-state index in [0.29, 0.717) is 28.7 Å². The molecule has 8 nitrogen and oxygen atoms in total. The van der Waals surface area contributed by atoms with E-state index in [9.17, 15) is 4.79 Å². The highest BCUT2D eigenvalue weighted by molar-refractivity contribution is 7.20. The Balaban J connectivity index is 1.18. The fraction of sp³-hybridized carbons (Fsp3) is 0.348. The van der Waals surface area contributed by atoms with Gasteiger partial charge in [0.15, 0.2) is 5.65 Å². The summed E-state index contributed by atoms with van der Waals surface area (Å²) in [6.07, 6.45) is 7.79. The largest absolute Gasteiger partial charge is 0.464 e. The minimum atomic E-state index is -0.427. The molecule has 2 saturated heterocycles. The van der Waals surface area contributed by atoms with Gasteiger partial charge in [0.1, 0.15) is 11.3 Å². The minimum absolute atomic E-state index is 0.180. The molecule has 0 spiro atoms. The van der Waals surface area contributed by atoms with Gasteiger partial charge in [-0.25, -0.2) is 9.78 Å². The van der Waals surface area contributed by atoms with Gasteiger partial charge >= 0.3 is 6.03 Å². The molecule has 164 valence electrons. The van der Waals surface area contributed by atoms with E-state index in [1.165, 1.54) is 16.9 Å². The highest BCUT2D eigenvalue weighted by Crippen LogP contribution is 2.38. The number of urea groups is 1. The summed E-state index contributed by atoms with van der Waals surface area (Å²) in [5.41, 5.74) is 8.00. The summed E-state index contributed by atoms with van der Waals surface area (Å²) in [5, 5.41) is 4.56. The number of nitrogens with one attached hydrogen (secondary N) is 1. The lowest BCUT2D eigenvalue weighted by atomic mass is 9.96. The van der Waals surface area contributed by atoms with Crippen LogP contribution >= 0.6 is 11.3 Å². The average molecular weight is 450 g/mol. The first-order chi connectivity index (χ1) is 15.6. The number of hydrogen-bond donors (Lipinski definition) is 2. The fourth-order valence-electron chi connectivity index (χ4n) is 5.19. The van der Waals surface area contributed by atoms with E-state index in [-0.39, 0.29) is 6.04 Å². The molecule has 0 unspecified atom stereocenters. The van der Waals surface area contributed by atoms with Crippen LogP contribution in [0.15, 0.2) is 47.2 Å². The average Bonchev–Trinajstić information content (AvgIpc) is 3.42. The molecular weight excluding hydrogens is 426 g/mol. The third-order valence-corrected chi connectivity index (χ3v) is 7.45. The number of hydrogen-bond acceptors (Lipinski definition) is 7. The predicted molar refractivity (Wildman–Crippen MR) is 122 cm³/mol. The van der Waals surface area contributed by atoms with Crippen molar-refractivity contribution in [2.75, 3.05) is 0 Å².